The van der Waals surface area contributed by atoms with Gasteiger partial charge in [-0.1, -0.05) is 12.1 Å². The van der Waals surface area contributed by atoms with Crippen LogP contribution < -0.4 is 0 Å². The summed E-state index contributed by atoms with van der Waals surface area (Å²) in [6.45, 7) is 2.44. The molecule has 0 radical (unpaired) electrons. The third-order valence-corrected chi connectivity index (χ3v) is 5.18. The third-order valence-electron chi connectivity index (χ3n) is 5.18. The van der Waals surface area contributed by atoms with Gasteiger partial charge in [-0.3, -0.25) is 19.8 Å². The third kappa shape index (κ3) is 7.40. The number of hydrogen-bond acceptors (Lipinski definition) is 4. The van der Waals surface area contributed by atoms with E-state index in [1.54, 1.807) is 0 Å². The van der Waals surface area contributed by atoms with Crippen molar-refractivity contribution in [1.82, 2.24) is 19.8 Å². The van der Waals surface area contributed by atoms with Crippen LogP contribution in [0.15, 0.2) is 49.1 Å². The molecule has 0 bridgehead atoms. The standard InChI is InChI=1S/2C10H14N2.2ClH.Zn/c2*1-12-7-3-5-10(12)9-4-2-6-11-8-9;;;/h2*2,4,6,8,10H,3,5,7H2,1H3;2*1H;/q;;;;+2/p-2. The molecule has 2 saturated heterocycles. The number of pyridine rings is 2. The number of hydrogen-bond donors (Lipinski definition) is 0. The Morgan fingerprint density at radius 3 is 1.52 bits per heavy atom. The van der Waals surface area contributed by atoms with Gasteiger partial charge >= 0.3 is 34.5 Å². The van der Waals surface area contributed by atoms with Gasteiger partial charge in [0.2, 0.25) is 0 Å². The van der Waals surface area contributed by atoms with Crippen LogP contribution in [0.2, 0.25) is 0 Å². The van der Waals surface area contributed by atoms with Gasteiger partial charge in [0.1, 0.15) is 0 Å². The fourth-order valence-electron chi connectivity index (χ4n) is 3.81. The van der Waals surface area contributed by atoms with Crippen LogP contribution in [0.4, 0.5) is 0 Å². The molecule has 0 aromatic carbocycles. The first kappa shape index (κ1) is 22.7. The predicted octanol–water partition coefficient (Wildman–Crippen LogP) is 5.07. The minimum absolute atomic E-state index is 0.610. The van der Waals surface area contributed by atoms with Gasteiger partial charge in [0.15, 0.2) is 0 Å². The first-order valence-corrected chi connectivity index (χ1v) is 17.3. The van der Waals surface area contributed by atoms with Crippen molar-refractivity contribution in [1.29, 1.82) is 0 Å². The summed E-state index contributed by atoms with van der Waals surface area (Å²) in [6, 6.07) is 9.58. The summed E-state index contributed by atoms with van der Waals surface area (Å²) in [5, 5.41) is 0. The Morgan fingerprint density at radius 1 is 0.852 bits per heavy atom. The van der Waals surface area contributed by atoms with Gasteiger partial charge in [-0.25, -0.2) is 0 Å². The Bertz CT molecular complexity index is 577. The van der Waals surface area contributed by atoms with Crippen LogP contribution in [0.3, 0.4) is 0 Å². The van der Waals surface area contributed by atoms with Crippen LogP contribution in [0.25, 0.3) is 0 Å². The molecule has 4 nitrogen and oxygen atoms in total. The zero-order valence-electron chi connectivity index (χ0n) is 16.3. The van der Waals surface area contributed by atoms with Gasteiger partial charge in [0, 0.05) is 36.9 Å². The monoisotopic (exact) mass is 458 g/mol. The van der Waals surface area contributed by atoms with Crippen molar-refractivity contribution in [2.45, 2.75) is 37.8 Å². The van der Waals surface area contributed by atoms with Crippen molar-refractivity contribution in [2.75, 3.05) is 27.2 Å². The second kappa shape index (κ2) is 12.8. The molecule has 0 aliphatic carbocycles. The summed E-state index contributed by atoms with van der Waals surface area (Å²) in [4.78, 5) is 13.1. The van der Waals surface area contributed by atoms with E-state index in [-0.39, 0.29) is 0 Å². The molecule has 2 aliphatic heterocycles. The summed E-state index contributed by atoms with van der Waals surface area (Å²) >= 11 is -0.931. The number of rotatable bonds is 2. The minimum atomic E-state index is -0.931. The fourth-order valence-corrected chi connectivity index (χ4v) is 3.81. The molecule has 2 aliphatic rings. The van der Waals surface area contributed by atoms with E-state index in [0.717, 1.165) is 0 Å². The van der Waals surface area contributed by atoms with E-state index < -0.39 is 15.1 Å². The SMILES string of the molecule is CN1CCCC1c1cccnc1.CN1CCCC1c1cccnc1.[Cl][Zn][Cl]. The Kier molecular flexibility index (Phi) is 10.8. The fraction of sp³-hybridized carbons (Fsp3) is 0.500. The van der Waals surface area contributed by atoms with E-state index in [4.69, 9.17) is 19.4 Å². The molecule has 4 rings (SSSR count). The molecular formula is C20H28Cl2N4Zn. The van der Waals surface area contributed by atoms with Gasteiger partial charge in [0.05, 0.1) is 0 Å². The average molecular weight is 461 g/mol. The van der Waals surface area contributed by atoms with Crippen molar-refractivity contribution in [2.24, 2.45) is 0 Å². The van der Waals surface area contributed by atoms with E-state index in [2.05, 4.69) is 46.0 Å². The number of halogens is 2. The normalized spacial score (nSPS) is 22.2. The molecule has 0 spiro atoms. The van der Waals surface area contributed by atoms with E-state index in [9.17, 15) is 0 Å². The van der Waals surface area contributed by atoms with Crippen LogP contribution in [-0.2, 0) is 15.1 Å². The molecule has 2 fully saturated rings. The zero-order valence-corrected chi connectivity index (χ0v) is 20.7. The molecule has 27 heavy (non-hydrogen) atoms. The van der Waals surface area contributed by atoms with Gasteiger partial charge < -0.3 is 0 Å². The van der Waals surface area contributed by atoms with Crippen molar-refractivity contribution in [3.05, 3.63) is 60.2 Å². The quantitative estimate of drug-likeness (QED) is 0.586. The second-order valence-electron chi connectivity index (χ2n) is 6.95. The van der Waals surface area contributed by atoms with Gasteiger partial charge in [-0.05, 0) is 76.1 Å². The van der Waals surface area contributed by atoms with Crippen molar-refractivity contribution >= 4 is 19.4 Å². The van der Waals surface area contributed by atoms with Crippen LogP contribution in [0.5, 0.6) is 0 Å². The number of nitrogens with zero attached hydrogens (tertiary/aromatic N) is 4. The van der Waals surface area contributed by atoms with Crippen LogP contribution in [0, 0.1) is 0 Å². The first-order chi connectivity index (χ1) is 13.2. The van der Waals surface area contributed by atoms with Gasteiger partial charge in [-0.15, -0.1) is 0 Å². The van der Waals surface area contributed by atoms with Crippen LogP contribution in [0.1, 0.15) is 48.9 Å². The summed E-state index contributed by atoms with van der Waals surface area (Å²) in [6.07, 6.45) is 12.8. The maximum atomic E-state index is 4.95. The second-order valence-corrected chi connectivity index (χ2v) is 11.6. The Labute approximate surface area is 179 Å². The van der Waals surface area contributed by atoms with Gasteiger partial charge in [-0.2, -0.15) is 0 Å². The maximum absolute atomic E-state index is 4.95. The van der Waals surface area contributed by atoms with E-state index in [1.807, 2.05) is 36.9 Å². The zero-order chi connectivity index (χ0) is 19.5. The number of aromatic nitrogens is 2. The van der Waals surface area contributed by atoms with E-state index >= 15 is 0 Å². The van der Waals surface area contributed by atoms with E-state index in [1.165, 1.54) is 49.9 Å². The molecule has 2 aromatic rings. The molecule has 7 heteroatoms. The molecule has 0 saturated carbocycles. The Morgan fingerprint density at radius 2 is 1.26 bits per heavy atom. The van der Waals surface area contributed by atoms with Crippen molar-refractivity contribution < 1.29 is 15.1 Å². The number of likely N-dealkylation sites (tertiary alicyclic amines) is 2. The molecule has 2 aromatic heterocycles. The topological polar surface area (TPSA) is 32.3 Å². The molecule has 2 unspecified atom stereocenters. The molecular weight excluding hydrogens is 433 g/mol. The Hall–Kier alpha value is -0.577. The summed E-state index contributed by atoms with van der Waals surface area (Å²) in [5.74, 6) is 0. The average Bonchev–Trinajstić information content (AvgIpc) is 3.32. The molecule has 0 N–H and O–H groups in total. The molecule has 0 amide bonds. The molecule has 4 heterocycles. The van der Waals surface area contributed by atoms with Crippen LogP contribution >= 0.6 is 19.4 Å². The van der Waals surface area contributed by atoms with Crippen molar-refractivity contribution in [3.63, 3.8) is 0 Å². The predicted molar refractivity (Wildman–Crippen MR) is 109 cm³/mol. The first-order valence-electron chi connectivity index (χ1n) is 9.49. The molecule has 2 atom stereocenters. The van der Waals surface area contributed by atoms with E-state index in [0.29, 0.717) is 12.1 Å². The summed E-state index contributed by atoms with van der Waals surface area (Å²) < 4.78 is 0. The summed E-state index contributed by atoms with van der Waals surface area (Å²) in [7, 11) is 14.3. The Balaban J connectivity index is 0.000000170. The van der Waals surface area contributed by atoms with Crippen LogP contribution in [-0.4, -0.2) is 47.0 Å². The van der Waals surface area contributed by atoms with Gasteiger partial charge in [0.25, 0.3) is 0 Å². The van der Waals surface area contributed by atoms with Crippen molar-refractivity contribution in [3.8, 4) is 0 Å². The molecule has 144 valence electrons. The summed E-state index contributed by atoms with van der Waals surface area (Å²) in [5.41, 5.74) is 2.72.